The van der Waals surface area contributed by atoms with Crippen LogP contribution >= 0.6 is 0 Å². The second-order valence-electron chi connectivity index (χ2n) is 5.77. The number of nitriles is 1. The van der Waals surface area contributed by atoms with Crippen molar-refractivity contribution in [3.8, 4) is 6.07 Å². The van der Waals surface area contributed by atoms with Crippen molar-refractivity contribution >= 4 is 5.91 Å². The zero-order chi connectivity index (χ0) is 12.5. The predicted molar refractivity (Wildman–Crippen MR) is 65.1 cm³/mol. The summed E-state index contributed by atoms with van der Waals surface area (Å²) in [6, 6.07) is 2.09. The molecule has 1 saturated heterocycles. The molecule has 2 aliphatic rings. The quantitative estimate of drug-likeness (QED) is 0.735. The summed E-state index contributed by atoms with van der Waals surface area (Å²) in [5.74, 6) is 0.888. The minimum atomic E-state index is -0.876. The van der Waals surface area contributed by atoms with Gasteiger partial charge in [0, 0.05) is 32.7 Å². The average Bonchev–Trinajstić information content (AvgIpc) is 3.13. The third-order valence-electron chi connectivity index (χ3n) is 3.69. The second kappa shape index (κ2) is 4.66. The van der Waals surface area contributed by atoms with Crippen LogP contribution in [0.25, 0.3) is 0 Å². The molecule has 4 nitrogen and oxygen atoms in total. The highest BCUT2D eigenvalue weighted by molar-refractivity contribution is 5.84. The molecule has 1 amide bonds. The van der Waals surface area contributed by atoms with Gasteiger partial charge in [-0.05, 0) is 32.6 Å². The van der Waals surface area contributed by atoms with Gasteiger partial charge in [0.2, 0.25) is 5.91 Å². The maximum atomic E-state index is 12.1. The fraction of sp³-hybridized carbons (Fsp3) is 0.846. The van der Waals surface area contributed by atoms with E-state index in [-0.39, 0.29) is 5.91 Å². The monoisotopic (exact) mass is 235 g/mol. The van der Waals surface area contributed by atoms with Crippen LogP contribution in [0.5, 0.6) is 0 Å². The van der Waals surface area contributed by atoms with Gasteiger partial charge in [-0.3, -0.25) is 9.69 Å². The smallest absolute Gasteiger partial charge is 0.242 e. The van der Waals surface area contributed by atoms with E-state index in [2.05, 4.69) is 11.0 Å². The van der Waals surface area contributed by atoms with Crippen molar-refractivity contribution in [3.63, 3.8) is 0 Å². The van der Waals surface area contributed by atoms with Crippen molar-refractivity contribution < 1.29 is 4.79 Å². The maximum Gasteiger partial charge on any atom is 0.242 e. The molecule has 0 aromatic rings. The number of carbonyl (C=O) groups is 1. The molecule has 0 atom stereocenters. The van der Waals surface area contributed by atoms with Gasteiger partial charge >= 0.3 is 0 Å². The van der Waals surface area contributed by atoms with Crippen LogP contribution < -0.4 is 0 Å². The molecular formula is C13H21N3O. The molecule has 0 radical (unpaired) electrons. The van der Waals surface area contributed by atoms with Gasteiger partial charge in [0.1, 0.15) is 5.41 Å². The van der Waals surface area contributed by atoms with Crippen molar-refractivity contribution in [1.82, 2.24) is 9.80 Å². The lowest BCUT2D eigenvalue weighted by molar-refractivity contribution is -0.139. The number of hydrogen-bond acceptors (Lipinski definition) is 3. The third kappa shape index (κ3) is 2.98. The summed E-state index contributed by atoms with van der Waals surface area (Å²) >= 11 is 0. The summed E-state index contributed by atoms with van der Waals surface area (Å²) in [5, 5.41) is 8.97. The lowest BCUT2D eigenvalue weighted by Gasteiger charge is -2.36. The van der Waals surface area contributed by atoms with E-state index in [9.17, 15) is 4.79 Å². The van der Waals surface area contributed by atoms with E-state index in [1.54, 1.807) is 13.8 Å². The van der Waals surface area contributed by atoms with Gasteiger partial charge in [0.25, 0.3) is 0 Å². The number of carbonyl (C=O) groups excluding carboxylic acids is 1. The van der Waals surface area contributed by atoms with Gasteiger partial charge in [-0.25, -0.2) is 0 Å². The molecule has 0 aromatic heterocycles. The summed E-state index contributed by atoms with van der Waals surface area (Å²) in [4.78, 5) is 16.4. The van der Waals surface area contributed by atoms with Crippen LogP contribution in [-0.2, 0) is 4.79 Å². The van der Waals surface area contributed by atoms with Gasteiger partial charge in [0.15, 0.2) is 0 Å². The molecule has 94 valence electrons. The third-order valence-corrected chi connectivity index (χ3v) is 3.69. The topological polar surface area (TPSA) is 47.3 Å². The van der Waals surface area contributed by atoms with Crippen molar-refractivity contribution in [2.24, 2.45) is 11.3 Å². The van der Waals surface area contributed by atoms with E-state index in [1.165, 1.54) is 19.4 Å². The van der Waals surface area contributed by atoms with Gasteiger partial charge in [-0.1, -0.05) is 0 Å². The van der Waals surface area contributed by atoms with Crippen LogP contribution in [0, 0.1) is 22.7 Å². The predicted octanol–water partition coefficient (Wildman–Crippen LogP) is 1.09. The second-order valence-corrected chi connectivity index (χ2v) is 5.77. The molecule has 2 rings (SSSR count). The van der Waals surface area contributed by atoms with Crippen LogP contribution in [0.2, 0.25) is 0 Å². The molecule has 1 heterocycles. The van der Waals surface area contributed by atoms with E-state index in [4.69, 9.17) is 5.26 Å². The molecule has 4 heteroatoms. The van der Waals surface area contributed by atoms with Crippen molar-refractivity contribution in [1.29, 1.82) is 5.26 Å². The summed E-state index contributed by atoms with van der Waals surface area (Å²) in [5.41, 5.74) is -0.876. The van der Waals surface area contributed by atoms with E-state index < -0.39 is 5.41 Å². The van der Waals surface area contributed by atoms with Crippen LogP contribution in [0.1, 0.15) is 26.7 Å². The Morgan fingerprint density at radius 3 is 2.35 bits per heavy atom. The zero-order valence-corrected chi connectivity index (χ0v) is 10.8. The van der Waals surface area contributed by atoms with Crippen molar-refractivity contribution in [2.75, 3.05) is 32.7 Å². The van der Waals surface area contributed by atoms with Crippen LogP contribution in [0.3, 0.4) is 0 Å². The van der Waals surface area contributed by atoms with Gasteiger partial charge in [0.05, 0.1) is 6.07 Å². The first-order chi connectivity index (χ1) is 8.03. The Bertz CT molecular complexity index is 333. The SMILES string of the molecule is CC(C)(C#N)C(=O)N1CCN(CC2CC2)CC1. The molecule has 1 aliphatic carbocycles. The molecule has 1 saturated carbocycles. The largest absolute Gasteiger partial charge is 0.339 e. The van der Waals surface area contributed by atoms with Gasteiger partial charge < -0.3 is 4.90 Å². The average molecular weight is 235 g/mol. The molecule has 0 aromatic carbocycles. The van der Waals surface area contributed by atoms with Crippen LogP contribution in [0.4, 0.5) is 0 Å². The first-order valence-electron chi connectivity index (χ1n) is 6.46. The number of rotatable bonds is 3. The minimum Gasteiger partial charge on any atom is -0.339 e. The Morgan fingerprint density at radius 1 is 1.29 bits per heavy atom. The lowest BCUT2D eigenvalue weighted by atomic mass is 9.93. The molecule has 1 aliphatic heterocycles. The summed E-state index contributed by atoms with van der Waals surface area (Å²) in [6.07, 6.45) is 2.75. The summed E-state index contributed by atoms with van der Waals surface area (Å²) in [7, 11) is 0. The Kier molecular flexibility index (Phi) is 3.39. The number of nitrogens with zero attached hydrogens (tertiary/aromatic N) is 3. The summed E-state index contributed by atoms with van der Waals surface area (Å²) < 4.78 is 0. The fourth-order valence-electron chi connectivity index (χ4n) is 2.24. The highest BCUT2D eigenvalue weighted by atomic mass is 16.2. The first-order valence-corrected chi connectivity index (χ1v) is 6.46. The lowest BCUT2D eigenvalue weighted by Crippen LogP contribution is -2.52. The van der Waals surface area contributed by atoms with Crippen molar-refractivity contribution in [2.45, 2.75) is 26.7 Å². The molecular weight excluding hydrogens is 214 g/mol. The number of piperazine rings is 1. The highest BCUT2D eigenvalue weighted by Crippen LogP contribution is 2.30. The molecule has 0 N–H and O–H groups in total. The van der Waals surface area contributed by atoms with Crippen LogP contribution in [-0.4, -0.2) is 48.4 Å². The standard InChI is InChI=1S/C13H21N3O/c1-13(2,10-14)12(17)16-7-5-15(6-8-16)9-11-3-4-11/h11H,3-9H2,1-2H3. The Labute approximate surface area is 103 Å². The maximum absolute atomic E-state index is 12.1. The first kappa shape index (κ1) is 12.4. The van der Waals surface area contributed by atoms with E-state index in [0.717, 1.165) is 32.1 Å². The Hall–Kier alpha value is -1.08. The molecule has 0 spiro atoms. The van der Waals surface area contributed by atoms with E-state index >= 15 is 0 Å². The van der Waals surface area contributed by atoms with E-state index in [1.807, 2.05) is 4.90 Å². The normalized spacial score (nSPS) is 22.3. The van der Waals surface area contributed by atoms with Crippen molar-refractivity contribution in [3.05, 3.63) is 0 Å². The molecule has 0 unspecified atom stereocenters. The molecule has 2 fully saturated rings. The van der Waals surface area contributed by atoms with Gasteiger partial charge in [-0.15, -0.1) is 0 Å². The zero-order valence-electron chi connectivity index (χ0n) is 10.8. The minimum absolute atomic E-state index is 0.0222. The highest BCUT2D eigenvalue weighted by Gasteiger charge is 2.34. The van der Waals surface area contributed by atoms with Gasteiger partial charge in [-0.2, -0.15) is 5.26 Å². The molecule has 0 bridgehead atoms. The van der Waals surface area contributed by atoms with E-state index in [0.29, 0.717) is 0 Å². The number of hydrogen-bond donors (Lipinski definition) is 0. The molecule has 17 heavy (non-hydrogen) atoms. The summed E-state index contributed by atoms with van der Waals surface area (Å²) in [6.45, 7) is 8.07. The van der Waals surface area contributed by atoms with Crippen LogP contribution in [0.15, 0.2) is 0 Å². The Balaban J connectivity index is 1.82. The number of amides is 1. The Morgan fingerprint density at radius 2 is 1.88 bits per heavy atom. The fourth-order valence-corrected chi connectivity index (χ4v) is 2.24.